The lowest BCUT2D eigenvalue weighted by Crippen LogP contribution is -2.29. The van der Waals surface area contributed by atoms with Gasteiger partial charge in [-0.25, -0.2) is 4.98 Å². The zero-order valence-corrected chi connectivity index (χ0v) is 22.4. The zero-order chi connectivity index (χ0) is 26.8. The predicted octanol–water partition coefficient (Wildman–Crippen LogP) is 6.50. The molecule has 2 aromatic carbocycles. The predicted molar refractivity (Wildman–Crippen MR) is 150 cm³/mol. The fourth-order valence-electron chi connectivity index (χ4n) is 4.76. The lowest BCUT2D eigenvalue weighted by molar-refractivity contribution is -0.132. The summed E-state index contributed by atoms with van der Waals surface area (Å²) >= 11 is 1.36. The van der Waals surface area contributed by atoms with Crippen molar-refractivity contribution in [2.75, 3.05) is 11.5 Å². The Morgan fingerprint density at radius 3 is 2.50 bits per heavy atom. The van der Waals surface area contributed by atoms with E-state index in [0.29, 0.717) is 28.6 Å². The second-order valence-electron chi connectivity index (χ2n) is 9.45. The van der Waals surface area contributed by atoms with Crippen molar-refractivity contribution >= 4 is 44.1 Å². The Balaban J connectivity index is 1.61. The SMILES string of the molecule is CCCCCOc1ccc(C2/C(=C(\O)c3ccncc3)C(=O)C(=O)N2c2nc3c(C)cc(C)cc3s2)cc1. The highest BCUT2D eigenvalue weighted by atomic mass is 32.1. The van der Waals surface area contributed by atoms with Gasteiger partial charge in [0.1, 0.15) is 11.5 Å². The minimum Gasteiger partial charge on any atom is -0.507 e. The number of anilines is 1. The number of fused-ring (bicyclic) bond motifs is 1. The number of ketones is 1. The second kappa shape index (κ2) is 10.8. The van der Waals surface area contributed by atoms with Gasteiger partial charge in [-0.2, -0.15) is 0 Å². The fraction of sp³-hybridized carbons (Fsp3) is 0.267. The molecule has 8 heteroatoms. The summed E-state index contributed by atoms with van der Waals surface area (Å²) in [6, 6.07) is 13.8. The van der Waals surface area contributed by atoms with Crippen LogP contribution in [-0.2, 0) is 9.59 Å². The van der Waals surface area contributed by atoms with Crippen molar-refractivity contribution in [1.29, 1.82) is 0 Å². The van der Waals surface area contributed by atoms with Gasteiger partial charge in [-0.15, -0.1) is 0 Å². The van der Waals surface area contributed by atoms with Crippen LogP contribution in [0.2, 0.25) is 0 Å². The molecule has 0 radical (unpaired) electrons. The summed E-state index contributed by atoms with van der Waals surface area (Å²) < 4.78 is 6.79. The number of benzene rings is 2. The maximum Gasteiger partial charge on any atom is 0.301 e. The van der Waals surface area contributed by atoms with E-state index in [1.54, 1.807) is 12.1 Å². The van der Waals surface area contributed by atoms with E-state index in [9.17, 15) is 14.7 Å². The molecule has 0 saturated carbocycles. The third kappa shape index (κ3) is 4.79. The number of aryl methyl sites for hydroxylation is 2. The molecular weight excluding hydrogens is 498 g/mol. The number of rotatable bonds is 8. The van der Waals surface area contributed by atoms with Crippen molar-refractivity contribution in [2.24, 2.45) is 0 Å². The molecule has 0 bridgehead atoms. The van der Waals surface area contributed by atoms with Crippen LogP contribution >= 0.6 is 11.3 Å². The topological polar surface area (TPSA) is 92.6 Å². The molecule has 38 heavy (non-hydrogen) atoms. The van der Waals surface area contributed by atoms with Gasteiger partial charge in [0, 0.05) is 18.0 Å². The molecule has 1 N–H and O–H groups in total. The number of pyridine rings is 1. The van der Waals surface area contributed by atoms with Crippen LogP contribution in [0.15, 0.2) is 66.5 Å². The van der Waals surface area contributed by atoms with Gasteiger partial charge in [-0.3, -0.25) is 19.5 Å². The van der Waals surface area contributed by atoms with Crippen molar-refractivity contribution < 1.29 is 19.4 Å². The zero-order valence-electron chi connectivity index (χ0n) is 21.6. The molecule has 1 atom stereocenters. The van der Waals surface area contributed by atoms with Crippen molar-refractivity contribution in [3.05, 3.63) is 88.8 Å². The lowest BCUT2D eigenvalue weighted by Gasteiger charge is -2.23. The third-order valence-electron chi connectivity index (χ3n) is 6.64. The average Bonchev–Trinajstić information content (AvgIpc) is 3.45. The number of aliphatic hydroxyl groups excluding tert-OH is 1. The molecule has 1 aliphatic rings. The number of unbranched alkanes of at least 4 members (excludes halogenated alkanes) is 2. The van der Waals surface area contributed by atoms with Crippen LogP contribution in [0.25, 0.3) is 16.0 Å². The summed E-state index contributed by atoms with van der Waals surface area (Å²) in [6.45, 7) is 6.76. The molecule has 1 aliphatic heterocycles. The number of aliphatic hydroxyl groups is 1. The first-order valence-corrected chi connectivity index (χ1v) is 13.5. The second-order valence-corrected chi connectivity index (χ2v) is 10.5. The highest BCUT2D eigenvalue weighted by Gasteiger charge is 2.48. The number of hydrogen-bond donors (Lipinski definition) is 1. The molecule has 5 rings (SSSR count). The van der Waals surface area contributed by atoms with E-state index in [-0.39, 0.29) is 11.3 Å². The largest absolute Gasteiger partial charge is 0.507 e. The van der Waals surface area contributed by atoms with Crippen LogP contribution in [-0.4, -0.2) is 33.4 Å². The van der Waals surface area contributed by atoms with Crippen LogP contribution in [0.3, 0.4) is 0 Å². The number of ether oxygens (including phenoxy) is 1. The molecule has 3 heterocycles. The third-order valence-corrected chi connectivity index (χ3v) is 7.64. The highest BCUT2D eigenvalue weighted by molar-refractivity contribution is 7.22. The maximum absolute atomic E-state index is 13.5. The van der Waals surface area contributed by atoms with Gasteiger partial charge in [0.05, 0.1) is 28.4 Å². The van der Waals surface area contributed by atoms with Gasteiger partial charge < -0.3 is 9.84 Å². The minimum absolute atomic E-state index is 0.0185. The first-order valence-electron chi connectivity index (χ1n) is 12.7. The van der Waals surface area contributed by atoms with Crippen LogP contribution in [0.4, 0.5) is 5.13 Å². The van der Waals surface area contributed by atoms with Crippen LogP contribution in [0.1, 0.15) is 54.5 Å². The number of amides is 1. The Kier molecular flexibility index (Phi) is 7.24. The fourth-order valence-corrected chi connectivity index (χ4v) is 5.93. The maximum atomic E-state index is 13.5. The summed E-state index contributed by atoms with van der Waals surface area (Å²) in [6.07, 6.45) is 6.25. The van der Waals surface area contributed by atoms with E-state index in [1.807, 2.05) is 50.2 Å². The molecule has 194 valence electrons. The van der Waals surface area contributed by atoms with E-state index >= 15 is 0 Å². The molecule has 2 aromatic heterocycles. The number of aromatic nitrogens is 2. The summed E-state index contributed by atoms with van der Waals surface area (Å²) in [7, 11) is 0. The first-order chi connectivity index (χ1) is 18.4. The van der Waals surface area contributed by atoms with Crippen molar-refractivity contribution in [2.45, 2.75) is 46.1 Å². The normalized spacial score (nSPS) is 16.9. The molecule has 0 aliphatic carbocycles. The van der Waals surface area contributed by atoms with Gasteiger partial charge in [0.15, 0.2) is 5.13 Å². The number of thiazole rings is 1. The molecule has 1 amide bonds. The lowest BCUT2D eigenvalue weighted by atomic mass is 9.95. The Labute approximate surface area is 225 Å². The first kappa shape index (κ1) is 25.6. The van der Waals surface area contributed by atoms with Crippen molar-refractivity contribution in [3.8, 4) is 5.75 Å². The van der Waals surface area contributed by atoms with Crippen LogP contribution < -0.4 is 9.64 Å². The molecule has 7 nitrogen and oxygen atoms in total. The molecule has 1 fully saturated rings. The number of carbonyl (C=O) groups is 2. The number of carbonyl (C=O) groups excluding carboxylic acids is 2. The molecule has 1 saturated heterocycles. The molecule has 4 aromatic rings. The highest BCUT2D eigenvalue weighted by Crippen LogP contribution is 2.45. The van der Waals surface area contributed by atoms with Crippen molar-refractivity contribution in [1.82, 2.24) is 9.97 Å². The van der Waals surface area contributed by atoms with Crippen molar-refractivity contribution in [3.63, 3.8) is 0 Å². The van der Waals surface area contributed by atoms with Gasteiger partial charge in [0.2, 0.25) is 0 Å². The van der Waals surface area contributed by atoms with Gasteiger partial charge in [0.25, 0.3) is 5.78 Å². The Morgan fingerprint density at radius 2 is 1.79 bits per heavy atom. The van der Waals surface area contributed by atoms with Gasteiger partial charge in [-0.1, -0.05) is 49.3 Å². The standard InChI is InChI=1S/C30H29N3O4S/c1-4-5-6-15-37-22-9-7-20(8-10-22)26-24(27(34)21-11-13-31-14-12-21)28(35)29(36)33(26)30-32-25-19(3)16-18(2)17-23(25)38-30/h7-14,16-17,26,34H,4-6,15H2,1-3H3/b27-24+. The molecule has 1 unspecified atom stereocenters. The van der Waals surface area contributed by atoms with E-state index in [2.05, 4.69) is 11.9 Å². The summed E-state index contributed by atoms with van der Waals surface area (Å²) in [5.74, 6) is -1.01. The van der Waals surface area contributed by atoms with E-state index in [0.717, 1.165) is 40.6 Å². The number of hydrogen-bond acceptors (Lipinski definition) is 7. The number of nitrogens with zero attached hydrogens (tertiary/aromatic N) is 3. The Morgan fingerprint density at radius 1 is 1.05 bits per heavy atom. The summed E-state index contributed by atoms with van der Waals surface area (Å²) in [5.41, 5.74) is 3.99. The smallest absolute Gasteiger partial charge is 0.301 e. The summed E-state index contributed by atoms with van der Waals surface area (Å²) in [5, 5.41) is 11.7. The molecular formula is C30H29N3O4S. The van der Waals surface area contributed by atoms with E-state index in [1.165, 1.54) is 28.6 Å². The quantitative estimate of drug-likeness (QED) is 0.122. The monoisotopic (exact) mass is 527 g/mol. The molecule has 0 spiro atoms. The van der Waals surface area contributed by atoms with Gasteiger partial charge >= 0.3 is 5.91 Å². The Bertz CT molecular complexity index is 1530. The number of Topliss-reactive ketones (excluding diaryl/α,β-unsaturated/α-hetero) is 1. The van der Waals surface area contributed by atoms with E-state index in [4.69, 9.17) is 9.72 Å². The van der Waals surface area contributed by atoms with Crippen LogP contribution in [0.5, 0.6) is 5.75 Å². The average molecular weight is 528 g/mol. The van der Waals surface area contributed by atoms with Gasteiger partial charge in [-0.05, 0) is 67.3 Å². The van der Waals surface area contributed by atoms with E-state index < -0.39 is 17.7 Å². The minimum atomic E-state index is -0.848. The van der Waals surface area contributed by atoms with Crippen LogP contribution in [0, 0.1) is 13.8 Å². The summed E-state index contributed by atoms with van der Waals surface area (Å²) in [4.78, 5) is 37.1. The Hall–Kier alpha value is -4.04.